The van der Waals surface area contributed by atoms with Crippen LogP contribution in [0.25, 0.3) is 10.9 Å². The molecule has 0 bridgehead atoms. The standard InChI is InChI=1S/C14H14N4O2/c1-2-9-4-3-5-11-10(6-15-13(9)11)7-16-18-8-12(19)17-14(18)20/h3-7,15H,2,8H2,1H3,(H,17,19,20)/b16-7+. The van der Waals surface area contributed by atoms with Crippen LogP contribution in [0.3, 0.4) is 0 Å². The molecular formula is C14H14N4O2. The summed E-state index contributed by atoms with van der Waals surface area (Å²) in [6.07, 6.45) is 4.39. The summed E-state index contributed by atoms with van der Waals surface area (Å²) in [6, 6.07) is 5.59. The van der Waals surface area contributed by atoms with Crippen LogP contribution in [0.2, 0.25) is 0 Å². The number of aromatic amines is 1. The number of hydrogen-bond acceptors (Lipinski definition) is 3. The second kappa shape index (κ2) is 4.80. The molecule has 6 heteroatoms. The third kappa shape index (κ3) is 2.05. The lowest BCUT2D eigenvalue weighted by molar-refractivity contribution is -0.118. The SMILES string of the molecule is CCc1cccc2c(/C=N/N3CC(=O)NC3=O)c[nH]c12. The van der Waals surface area contributed by atoms with Crippen LogP contribution in [0.1, 0.15) is 18.1 Å². The Morgan fingerprint density at radius 3 is 2.95 bits per heavy atom. The minimum atomic E-state index is -0.486. The highest BCUT2D eigenvalue weighted by Gasteiger charge is 2.25. The first-order chi connectivity index (χ1) is 9.69. The van der Waals surface area contributed by atoms with Gasteiger partial charge in [0.2, 0.25) is 5.91 Å². The lowest BCUT2D eigenvalue weighted by atomic mass is 10.1. The van der Waals surface area contributed by atoms with E-state index in [9.17, 15) is 9.59 Å². The Morgan fingerprint density at radius 1 is 1.40 bits per heavy atom. The number of nitrogens with one attached hydrogen (secondary N) is 2. The predicted molar refractivity (Wildman–Crippen MR) is 75.5 cm³/mol. The van der Waals surface area contributed by atoms with Crippen molar-refractivity contribution in [2.75, 3.05) is 6.54 Å². The van der Waals surface area contributed by atoms with Crippen LogP contribution in [0.15, 0.2) is 29.5 Å². The molecule has 102 valence electrons. The first kappa shape index (κ1) is 12.4. The molecule has 3 rings (SSSR count). The number of imide groups is 1. The maximum atomic E-state index is 11.4. The van der Waals surface area contributed by atoms with Crippen LogP contribution in [0.5, 0.6) is 0 Å². The van der Waals surface area contributed by atoms with Gasteiger partial charge in [-0.1, -0.05) is 25.1 Å². The van der Waals surface area contributed by atoms with Crippen LogP contribution in [-0.2, 0) is 11.2 Å². The van der Waals surface area contributed by atoms with Crippen molar-refractivity contribution in [3.63, 3.8) is 0 Å². The Hall–Kier alpha value is -2.63. The van der Waals surface area contributed by atoms with Crippen molar-refractivity contribution < 1.29 is 9.59 Å². The molecular weight excluding hydrogens is 256 g/mol. The van der Waals surface area contributed by atoms with E-state index in [1.807, 2.05) is 18.3 Å². The summed E-state index contributed by atoms with van der Waals surface area (Å²) in [5, 5.41) is 8.41. The van der Waals surface area contributed by atoms with E-state index in [4.69, 9.17) is 0 Å². The monoisotopic (exact) mass is 270 g/mol. The van der Waals surface area contributed by atoms with Crippen molar-refractivity contribution in [2.24, 2.45) is 5.10 Å². The zero-order chi connectivity index (χ0) is 14.1. The Kier molecular flexibility index (Phi) is 2.98. The normalized spacial score (nSPS) is 15.6. The van der Waals surface area contributed by atoms with Crippen LogP contribution in [0.4, 0.5) is 4.79 Å². The molecule has 0 unspecified atom stereocenters. The lowest BCUT2D eigenvalue weighted by Gasteiger charge is -2.03. The van der Waals surface area contributed by atoms with Crippen molar-refractivity contribution in [1.82, 2.24) is 15.3 Å². The Balaban J connectivity index is 1.92. The topological polar surface area (TPSA) is 77.6 Å². The number of carbonyl (C=O) groups is 2. The maximum Gasteiger partial charge on any atom is 0.344 e. The molecule has 1 fully saturated rings. The first-order valence-electron chi connectivity index (χ1n) is 6.43. The summed E-state index contributed by atoms with van der Waals surface area (Å²) >= 11 is 0. The lowest BCUT2D eigenvalue weighted by Crippen LogP contribution is -2.24. The van der Waals surface area contributed by atoms with E-state index >= 15 is 0 Å². The average Bonchev–Trinajstić information content (AvgIpc) is 2.99. The van der Waals surface area contributed by atoms with Gasteiger partial charge in [0.15, 0.2) is 0 Å². The van der Waals surface area contributed by atoms with E-state index in [0.717, 1.165) is 27.9 Å². The smallest absolute Gasteiger partial charge is 0.344 e. The van der Waals surface area contributed by atoms with Crippen LogP contribution in [0, 0.1) is 0 Å². The Labute approximate surface area is 115 Å². The summed E-state index contributed by atoms with van der Waals surface area (Å²) in [5.41, 5.74) is 3.21. The van der Waals surface area contributed by atoms with Crippen molar-refractivity contribution in [2.45, 2.75) is 13.3 Å². The van der Waals surface area contributed by atoms with Crippen molar-refractivity contribution in [3.8, 4) is 0 Å². The van der Waals surface area contributed by atoms with Gasteiger partial charge in [0.1, 0.15) is 6.54 Å². The first-order valence-corrected chi connectivity index (χ1v) is 6.43. The molecule has 6 nitrogen and oxygen atoms in total. The molecule has 0 radical (unpaired) electrons. The number of para-hydroxylation sites is 1. The quantitative estimate of drug-likeness (QED) is 0.656. The van der Waals surface area contributed by atoms with Crippen LogP contribution in [-0.4, -0.2) is 34.7 Å². The number of carbonyl (C=O) groups excluding carboxylic acids is 2. The molecule has 0 atom stereocenters. The summed E-state index contributed by atoms with van der Waals surface area (Å²) in [6.45, 7) is 2.07. The van der Waals surface area contributed by atoms with Crippen molar-refractivity contribution in [3.05, 3.63) is 35.5 Å². The van der Waals surface area contributed by atoms with Gasteiger partial charge >= 0.3 is 6.03 Å². The van der Waals surface area contributed by atoms with E-state index < -0.39 is 6.03 Å². The largest absolute Gasteiger partial charge is 0.360 e. The van der Waals surface area contributed by atoms with Gasteiger partial charge in [-0.25, -0.2) is 9.80 Å². The summed E-state index contributed by atoms with van der Waals surface area (Å²) in [4.78, 5) is 25.7. The number of aromatic nitrogens is 1. The fourth-order valence-electron chi connectivity index (χ4n) is 2.30. The molecule has 1 aromatic heterocycles. The van der Waals surface area contributed by atoms with Gasteiger partial charge in [-0.3, -0.25) is 10.1 Å². The number of hydrogen-bond donors (Lipinski definition) is 2. The number of H-pyrrole nitrogens is 1. The highest BCUT2D eigenvalue weighted by Crippen LogP contribution is 2.21. The molecule has 3 amide bonds. The Bertz CT molecular complexity index is 717. The highest BCUT2D eigenvalue weighted by molar-refractivity contribution is 6.03. The molecule has 0 aliphatic carbocycles. The average molecular weight is 270 g/mol. The summed E-state index contributed by atoms with van der Waals surface area (Å²) in [7, 11) is 0. The molecule has 0 saturated carbocycles. The van der Waals surface area contributed by atoms with E-state index in [1.54, 1.807) is 6.21 Å². The van der Waals surface area contributed by atoms with Crippen molar-refractivity contribution in [1.29, 1.82) is 0 Å². The maximum absolute atomic E-state index is 11.4. The van der Waals surface area contributed by atoms with Crippen molar-refractivity contribution >= 4 is 29.1 Å². The fourth-order valence-corrected chi connectivity index (χ4v) is 2.30. The number of benzene rings is 1. The molecule has 1 aliphatic heterocycles. The van der Waals surface area contributed by atoms with E-state index in [0.29, 0.717) is 0 Å². The molecule has 2 heterocycles. The molecule has 1 aromatic carbocycles. The molecule has 20 heavy (non-hydrogen) atoms. The van der Waals surface area contributed by atoms with Gasteiger partial charge in [0.05, 0.1) is 6.21 Å². The van der Waals surface area contributed by atoms with Gasteiger partial charge in [-0.15, -0.1) is 0 Å². The summed E-state index contributed by atoms with van der Waals surface area (Å²) < 4.78 is 0. The number of nitrogens with zero attached hydrogens (tertiary/aromatic N) is 2. The van der Waals surface area contributed by atoms with Gasteiger partial charge in [0.25, 0.3) is 0 Å². The summed E-state index contributed by atoms with van der Waals surface area (Å²) in [5.74, 6) is -0.334. The van der Waals surface area contributed by atoms with Crippen LogP contribution >= 0.6 is 0 Å². The molecule has 2 aromatic rings. The number of urea groups is 1. The Morgan fingerprint density at radius 2 is 2.25 bits per heavy atom. The molecule has 1 saturated heterocycles. The van der Waals surface area contributed by atoms with E-state index in [-0.39, 0.29) is 12.5 Å². The number of rotatable bonds is 3. The van der Waals surface area contributed by atoms with E-state index in [1.165, 1.54) is 5.56 Å². The zero-order valence-electron chi connectivity index (χ0n) is 11.0. The zero-order valence-corrected chi connectivity index (χ0v) is 11.0. The second-order valence-corrected chi connectivity index (χ2v) is 4.59. The van der Waals surface area contributed by atoms with Gasteiger partial charge in [0, 0.05) is 22.7 Å². The number of amides is 3. The molecule has 1 aliphatic rings. The number of aryl methyl sites for hydroxylation is 1. The molecule has 0 spiro atoms. The predicted octanol–water partition coefficient (Wildman–Crippen LogP) is 1.62. The number of hydrazone groups is 1. The van der Waals surface area contributed by atoms with Crippen LogP contribution < -0.4 is 5.32 Å². The minimum Gasteiger partial charge on any atom is -0.360 e. The second-order valence-electron chi connectivity index (χ2n) is 4.59. The highest BCUT2D eigenvalue weighted by atomic mass is 16.2. The van der Waals surface area contributed by atoms with Gasteiger partial charge in [-0.05, 0) is 12.0 Å². The minimum absolute atomic E-state index is 0.0299. The van der Waals surface area contributed by atoms with Gasteiger partial charge < -0.3 is 4.98 Å². The number of fused-ring (bicyclic) bond motifs is 1. The van der Waals surface area contributed by atoms with Gasteiger partial charge in [-0.2, -0.15) is 5.10 Å². The third-order valence-electron chi connectivity index (χ3n) is 3.33. The van der Waals surface area contributed by atoms with E-state index in [2.05, 4.69) is 28.4 Å². The third-order valence-corrected chi connectivity index (χ3v) is 3.33. The fraction of sp³-hybridized carbons (Fsp3) is 0.214. The molecule has 2 N–H and O–H groups in total.